The van der Waals surface area contributed by atoms with Crippen LogP contribution in [0.1, 0.15) is 5.56 Å². The number of benzene rings is 1. The van der Waals surface area contributed by atoms with Crippen LogP contribution < -0.4 is 0 Å². The van der Waals surface area contributed by atoms with Gasteiger partial charge in [-0.05, 0) is 24.1 Å². The van der Waals surface area contributed by atoms with Crippen molar-refractivity contribution in [3.8, 4) is 0 Å². The average molecular weight is 181 g/mol. The fourth-order valence-corrected chi connectivity index (χ4v) is 2.00. The van der Waals surface area contributed by atoms with E-state index in [-0.39, 0.29) is 0 Å². The van der Waals surface area contributed by atoms with Crippen LogP contribution in [0.25, 0.3) is 17.1 Å². The summed E-state index contributed by atoms with van der Waals surface area (Å²) in [5.74, 6) is 0. The van der Waals surface area contributed by atoms with E-state index in [0.29, 0.717) is 0 Å². The molecule has 0 unspecified atom stereocenters. The van der Waals surface area contributed by atoms with Gasteiger partial charge in [0, 0.05) is 17.8 Å². The van der Waals surface area contributed by atoms with Crippen molar-refractivity contribution in [2.75, 3.05) is 0 Å². The number of hydrogen-bond acceptors (Lipinski definition) is 0. The lowest BCUT2D eigenvalue weighted by Crippen LogP contribution is -1.91. The molecule has 68 valence electrons. The van der Waals surface area contributed by atoms with Crippen molar-refractivity contribution in [1.29, 1.82) is 0 Å². The predicted molar refractivity (Wildman–Crippen MR) is 60.1 cm³/mol. The number of allylic oxidation sites excluding steroid dienone is 3. The lowest BCUT2D eigenvalue weighted by atomic mass is 10.1. The molecule has 0 radical (unpaired) electrons. The molecular weight excluding hydrogens is 170 g/mol. The van der Waals surface area contributed by atoms with E-state index in [9.17, 15) is 0 Å². The first-order valence-corrected chi connectivity index (χ1v) is 4.87. The summed E-state index contributed by atoms with van der Waals surface area (Å²) in [6.07, 6.45) is 11.6. The fraction of sp³-hybridized carbons (Fsp3) is 0.0769. The molecule has 0 bridgehead atoms. The highest BCUT2D eigenvalue weighted by Gasteiger charge is 2.04. The normalized spacial score (nSPS) is 18.9. The highest BCUT2D eigenvalue weighted by atomic mass is 14.9. The number of para-hydroxylation sites is 1. The zero-order chi connectivity index (χ0) is 9.38. The zero-order valence-electron chi connectivity index (χ0n) is 7.85. The summed E-state index contributed by atoms with van der Waals surface area (Å²) >= 11 is 0. The highest BCUT2D eigenvalue weighted by Crippen LogP contribution is 2.22. The van der Waals surface area contributed by atoms with E-state index in [4.69, 9.17) is 0 Å². The van der Waals surface area contributed by atoms with Crippen LogP contribution in [0, 0.1) is 0 Å². The van der Waals surface area contributed by atoms with E-state index >= 15 is 0 Å². The second kappa shape index (κ2) is 2.88. The third kappa shape index (κ3) is 1.02. The van der Waals surface area contributed by atoms with E-state index < -0.39 is 0 Å². The third-order valence-corrected chi connectivity index (χ3v) is 2.66. The molecule has 0 saturated carbocycles. The van der Waals surface area contributed by atoms with Gasteiger partial charge in [0.2, 0.25) is 0 Å². The van der Waals surface area contributed by atoms with Gasteiger partial charge in [0.1, 0.15) is 0 Å². The molecule has 1 aromatic heterocycles. The Hall–Kier alpha value is -1.76. The Bertz CT molecular complexity index is 529. The standard InChI is InChI=1S/C13H11N/c1-2-5-11-6-4-7-12-8-10-14(9-3-1)13(11)12/h1-4,6-10H,5H2/b2-1-,9-3-. The van der Waals surface area contributed by atoms with Crippen LogP contribution in [0.15, 0.2) is 48.7 Å². The van der Waals surface area contributed by atoms with Crippen LogP contribution in [-0.2, 0) is 6.42 Å². The molecule has 1 nitrogen and oxygen atoms in total. The Kier molecular flexibility index (Phi) is 1.57. The maximum atomic E-state index is 2.20. The zero-order valence-corrected chi connectivity index (χ0v) is 7.85. The van der Waals surface area contributed by atoms with Crippen LogP contribution in [-0.4, -0.2) is 4.57 Å². The van der Waals surface area contributed by atoms with Gasteiger partial charge in [-0.1, -0.05) is 30.4 Å². The maximum Gasteiger partial charge on any atom is 0.0557 e. The third-order valence-electron chi connectivity index (χ3n) is 2.66. The van der Waals surface area contributed by atoms with Crippen molar-refractivity contribution in [2.24, 2.45) is 0 Å². The summed E-state index contributed by atoms with van der Waals surface area (Å²) in [6.45, 7) is 0. The molecule has 0 atom stereocenters. The van der Waals surface area contributed by atoms with Crippen molar-refractivity contribution in [3.63, 3.8) is 0 Å². The topological polar surface area (TPSA) is 4.93 Å². The lowest BCUT2D eigenvalue weighted by Gasteiger charge is -2.05. The first-order valence-electron chi connectivity index (χ1n) is 4.87. The van der Waals surface area contributed by atoms with Crippen LogP contribution in [0.5, 0.6) is 0 Å². The number of hydrogen-bond donors (Lipinski definition) is 0. The summed E-state index contributed by atoms with van der Waals surface area (Å²) < 4.78 is 2.19. The summed E-state index contributed by atoms with van der Waals surface area (Å²) in [4.78, 5) is 0. The number of aromatic nitrogens is 1. The van der Waals surface area contributed by atoms with Gasteiger partial charge >= 0.3 is 0 Å². The highest BCUT2D eigenvalue weighted by molar-refractivity contribution is 5.85. The molecule has 2 heterocycles. The van der Waals surface area contributed by atoms with Gasteiger partial charge in [0.15, 0.2) is 0 Å². The predicted octanol–water partition coefficient (Wildman–Crippen LogP) is 3.22. The van der Waals surface area contributed by atoms with E-state index in [1.165, 1.54) is 16.5 Å². The molecule has 0 fully saturated rings. The van der Waals surface area contributed by atoms with Crippen LogP contribution in [0.2, 0.25) is 0 Å². The largest absolute Gasteiger partial charge is 0.323 e. The smallest absolute Gasteiger partial charge is 0.0557 e. The minimum atomic E-state index is 1.02. The monoisotopic (exact) mass is 181 g/mol. The van der Waals surface area contributed by atoms with Crippen LogP contribution >= 0.6 is 0 Å². The van der Waals surface area contributed by atoms with Gasteiger partial charge in [-0.15, -0.1) is 0 Å². The molecule has 3 rings (SSSR count). The molecular formula is C13H11N. The van der Waals surface area contributed by atoms with E-state index in [2.05, 4.69) is 59.5 Å². The molecule has 0 amide bonds. The first kappa shape index (κ1) is 7.63. The Labute approximate surface area is 83.0 Å². The van der Waals surface area contributed by atoms with E-state index in [1.807, 2.05) is 0 Å². The number of nitrogens with zero attached hydrogens (tertiary/aromatic N) is 1. The van der Waals surface area contributed by atoms with Gasteiger partial charge in [-0.2, -0.15) is 0 Å². The molecule has 1 aliphatic rings. The molecule has 14 heavy (non-hydrogen) atoms. The molecule has 0 N–H and O–H groups in total. The quantitative estimate of drug-likeness (QED) is 0.588. The van der Waals surface area contributed by atoms with Gasteiger partial charge in [-0.25, -0.2) is 0 Å². The Balaban J connectivity index is 2.42. The summed E-state index contributed by atoms with van der Waals surface area (Å²) in [5.41, 5.74) is 2.74. The fourth-order valence-electron chi connectivity index (χ4n) is 2.00. The van der Waals surface area contributed by atoms with Gasteiger partial charge in [0.05, 0.1) is 5.52 Å². The van der Waals surface area contributed by atoms with Gasteiger partial charge < -0.3 is 4.57 Å². The molecule has 0 saturated heterocycles. The van der Waals surface area contributed by atoms with Crippen molar-refractivity contribution >= 4 is 17.1 Å². The summed E-state index contributed by atoms with van der Waals surface area (Å²) in [6, 6.07) is 8.65. The molecule has 1 heteroatoms. The van der Waals surface area contributed by atoms with Crippen LogP contribution in [0.4, 0.5) is 0 Å². The number of rotatable bonds is 0. The SMILES string of the molecule is C1=C\Cc2cccc3ccn(c23)\C=C/1. The van der Waals surface area contributed by atoms with E-state index in [1.54, 1.807) is 0 Å². The molecule has 0 spiro atoms. The second-order valence-corrected chi connectivity index (χ2v) is 3.55. The van der Waals surface area contributed by atoms with E-state index in [0.717, 1.165) is 6.42 Å². The van der Waals surface area contributed by atoms with Crippen molar-refractivity contribution in [1.82, 2.24) is 4.57 Å². The summed E-state index contributed by atoms with van der Waals surface area (Å²) in [5, 5.41) is 1.32. The molecule has 2 aromatic rings. The molecule has 1 aromatic carbocycles. The van der Waals surface area contributed by atoms with Gasteiger partial charge in [0.25, 0.3) is 0 Å². The van der Waals surface area contributed by atoms with Crippen LogP contribution in [0.3, 0.4) is 0 Å². The first-order chi connectivity index (χ1) is 6.95. The Morgan fingerprint density at radius 3 is 3.07 bits per heavy atom. The Morgan fingerprint density at radius 1 is 1.07 bits per heavy atom. The minimum absolute atomic E-state index is 1.02. The van der Waals surface area contributed by atoms with Crippen molar-refractivity contribution in [2.45, 2.75) is 6.42 Å². The van der Waals surface area contributed by atoms with Crippen molar-refractivity contribution in [3.05, 3.63) is 54.3 Å². The molecule has 1 aliphatic heterocycles. The second-order valence-electron chi connectivity index (χ2n) is 3.55. The summed E-state index contributed by atoms with van der Waals surface area (Å²) in [7, 11) is 0. The van der Waals surface area contributed by atoms with Crippen molar-refractivity contribution < 1.29 is 0 Å². The minimum Gasteiger partial charge on any atom is -0.323 e. The lowest BCUT2D eigenvalue weighted by molar-refractivity contribution is 1.17. The average Bonchev–Trinajstić information content (AvgIpc) is 2.57. The Morgan fingerprint density at radius 2 is 2.07 bits per heavy atom. The van der Waals surface area contributed by atoms with Gasteiger partial charge in [-0.3, -0.25) is 0 Å². The maximum absolute atomic E-state index is 2.20. The molecule has 0 aliphatic carbocycles.